The molecule has 0 N–H and O–H groups in total. The van der Waals surface area contributed by atoms with Crippen LogP contribution in [0.15, 0.2) is 36.4 Å². The molecule has 4 fully saturated rings. The van der Waals surface area contributed by atoms with Crippen LogP contribution in [0.4, 0.5) is 4.39 Å². The van der Waals surface area contributed by atoms with Crippen molar-refractivity contribution in [2.75, 3.05) is 0 Å². The summed E-state index contributed by atoms with van der Waals surface area (Å²) in [5.74, 6) is -0.131. The summed E-state index contributed by atoms with van der Waals surface area (Å²) >= 11 is 5.82. The van der Waals surface area contributed by atoms with Crippen molar-refractivity contribution < 1.29 is 18.7 Å². The topological polar surface area (TPSA) is 43.4 Å². The maximum Gasteiger partial charge on any atom is 0.167 e. The third kappa shape index (κ3) is 3.08. The molecule has 0 heterocycles. The minimum atomic E-state index is -0.713. The van der Waals surface area contributed by atoms with Crippen LogP contribution in [0.1, 0.15) is 49.7 Å². The van der Waals surface area contributed by atoms with Gasteiger partial charge in [-0.25, -0.2) is 4.39 Å². The lowest BCUT2D eigenvalue weighted by atomic mass is 9.59. The summed E-state index contributed by atoms with van der Waals surface area (Å²) in [7, 11) is 0. The smallest absolute Gasteiger partial charge is 0.167 e. The van der Waals surface area contributed by atoms with E-state index in [2.05, 4.69) is 0 Å². The quantitative estimate of drug-likeness (QED) is 0.553. The van der Waals surface area contributed by atoms with E-state index in [1.807, 2.05) is 13.0 Å². The number of ketones is 2. The summed E-state index contributed by atoms with van der Waals surface area (Å²) in [5, 5.41) is 0.293. The third-order valence-electron chi connectivity index (χ3n) is 7.38. The number of carbonyl (C=O) groups excluding carboxylic acids is 2. The molecule has 0 amide bonds. The maximum absolute atomic E-state index is 14.2. The van der Waals surface area contributed by atoms with Crippen LogP contribution in [-0.4, -0.2) is 11.6 Å². The lowest BCUT2D eigenvalue weighted by Crippen LogP contribution is -2.41. The molecular weight excluding hydrogens is 403 g/mol. The Morgan fingerprint density at radius 3 is 2.17 bits per heavy atom. The molecule has 0 spiro atoms. The third-order valence-corrected chi connectivity index (χ3v) is 7.61. The minimum absolute atomic E-state index is 0.0605. The second kappa shape index (κ2) is 7.49. The van der Waals surface area contributed by atoms with Crippen molar-refractivity contribution in [3.05, 3.63) is 58.4 Å². The Labute approximate surface area is 180 Å². The van der Waals surface area contributed by atoms with E-state index >= 15 is 0 Å². The SMILES string of the molecule is CCc1ccc(Oc2ccc(Cl)cc2F)cc1C1C(=O)C2C3CCC(CC3)C2C1=O. The molecule has 0 radical (unpaired) electrons. The largest absolute Gasteiger partial charge is 0.454 e. The monoisotopic (exact) mass is 426 g/mol. The first-order valence-electron chi connectivity index (χ1n) is 10.8. The highest BCUT2D eigenvalue weighted by Crippen LogP contribution is 2.56. The van der Waals surface area contributed by atoms with Gasteiger partial charge >= 0.3 is 0 Å². The number of benzene rings is 2. The number of carbonyl (C=O) groups is 2. The van der Waals surface area contributed by atoms with Crippen LogP contribution in [0.5, 0.6) is 11.5 Å². The Morgan fingerprint density at radius 2 is 1.60 bits per heavy atom. The summed E-state index contributed by atoms with van der Waals surface area (Å²) in [6, 6.07) is 9.64. The predicted octanol–water partition coefficient (Wildman–Crippen LogP) is 6.12. The van der Waals surface area contributed by atoms with E-state index in [0.29, 0.717) is 29.0 Å². The molecule has 156 valence electrons. The zero-order valence-electron chi connectivity index (χ0n) is 16.9. The molecule has 0 saturated heterocycles. The van der Waals surface area contributed by atoms with Crippen molar-refractivity contribution >= 4 is 23.2 Å². The molecule has 5 heteroatoms. The Hall–Kier alpha value is -2.20. The molecule has 6 rings (SSSR count). The van der Waals surface area contributed by atoms with Gasteiger partial charge < -0.3 is 4.74 Å². The molecule has 4 saturated carbocycles. The van der Waals surface area contributed by atoms with Gasteiger partial charge in [0.2, 0.25) is 0 Å². The maximum atomic E-state index is 14.2. The van der Waals surface area contributed by atoms with Gasteiger partial charge in [-0.15, -0.1) is 0 Å². The first-order valence-corrected chi connectivity index (χ1v) is 11.2. The number of ether oxygens (including phenoxy) is 1. The summed E-state index contributed by atoms with van der Waals surface area (Å²) in [6.45, 7) is 2.01. The fourth-order valence-electron chi connectivity index (χ4n) is 6.01. The fraction of sp³-hybridized carbons (Fsp3) is 0.440. The molecule has 0 aromatic heterocycles. The van der Waals surface area contributed by atoms with Crippen molar-refractivity contribution in [2.45, 2.75) is 44.9 Å². The molecule has 4 aliphatic carbocycles. The molecule has 0 aliphatic heterocycles. The lowest BCUT2D eigenvalue weighted by Gasteiger charge is -2.43. The van der Waals surface area contributed by atoms with Gasteiger partial charge in [0.1, 0.15) is 11.7 Å². The normalized spacial score (nSPS) is 29.9. The summed E-state index contributed by atoms with van der Waals surface area (Å²) in [5.41, 5.74) is 1.70. The molecule has 2 atom stereocenters. The van der Waals surface area contributed by atoms with Crippen LogP contribution in [0, 0.1) is 29.5 Å². The number of rotatable bonds is 4. The van der Waals surface area contributed by atoms with E-state index in [1.54, 1.807) is 18.2 Å². The molecule has 2 aromatic carbocycles. The van der Waals surface area contributed by atoms with Gasteiger partial charge in [0.05, 0.1) is 0 Å². The summed E-state index contributed by atoms with van der Waals surface area (Å²) < 4.78 is 19.9. The molecular formula is C25H24ClFO3. The van der Waals surface area contributed by atoms with Crippen molar-refractivity contribution in [1.82, 2.24) is 0 Å². The van der Waals surface area contributed by atoms with E-state index in [9.17, 15) is 14.0 Å². The molecule has 4 aliphatic rings. The van der Waals surface area contributed by atoms with Crippen LogP contribution in [-0.2, 0) is 16.0 Å². The van der Waals surface area contributed by atoms with E-state index in [0.717, 1.165) is 36.8 Å². The van der Waals surface area contributed by atoms with Crippen molar-refractivity contribution in [3.63, 3.8) is 0 Å². The zero-order chi connectivity index (χ0) is 21.0. The van der Waals surface area contributed by atoms with Gasteiger partial charge in [0.25, 0.3) is 0 Å². The Bertz CT molecular complexity index is 995. The number of fused-ring (bicyclic) bond motifs is 2. The first-order chi connectivity index (χ1) is 14.5. The minimum Gasteiger partial charge on any atom is -0.454 e. The summed E-state index contributed by atoms with van der Waals surface area (Å²) in [4.78, 5) is 26.9. The van der Waals surface area contributed by atoms with Gasteiger partial charge in [-0.2, -0.15) is 0 Å². The standard InChI is InChI=1S/C25H24ClFO3/c1-2-13-7-9-17(30-20-10-8-16(26)11-19(20)27)12-18(13)23-24(28)21-14-3-4-15(6-5-14)22(21)25(23)29/h7-12,14-15,21-23H,2-6H2,1H3. The average Bonchev–Trinajstić information content (AvgIpc) is 3.03. The van der Waals surface area contributed by atoms with Crippen LogP contribution in [0.25, 0.3) is 0 Å². The van der Waals surface area contributed by atoms with E-state index < -0.39 is 11.7 Å². The highest BCUT2D eigenvalue weighted by atomic mass is 35.5. The van der Waals surface area contributed by atoms with Crippen LogP contribution < -0.4 is 4.74 Å². The predicted molar refractivity (Wildman–Crippen MR) is 112 cm³/mol. The number of halogens is 2. The second-order valence-corrected chi connectivity index (χ2v) is 9.29. The van der Waals surface area contributed by atoms with Crippen LogP contribution in [0.2, 0.25) is 5.02 Å². The van der Waals surface area contributed by atoms with Gasteiger partial charge in [0, 0.05) is 16.9 Å². The van der Waals surface area contributed by atoms with Crippen LogP contribution >= 0.6 is 11.6 Å². The Morgan fingerprint density at radius 1 is 0.967 bits per heavy atom. The molecule has 30 heavy (non-hydrogen) atoms. The second-order valence-electron chi connectivity index (χ2n) is 8.86. The van der Waals surface area contributed by atoms with Crippen molar-refractivity contribution in [3.8, 4) is 11.5 Å². The van der Waals surface area contributed by atoms with Gasteiger partial charge in [-0.3, -0.25) is 9.59 Å². The lowest BCUT2D eigenvalue weighted by molar-refractivity contribution is -0.129. The highest BCUT2D eigenvalue weighted by molar-refractivity contribution is 6.30. The number of hydrogen-bond acceptors (Lipinski definition) is 3. The van der Waals surface area contributed by atoms with E-state index in [-0.39, 0.29) is 29.2 Å². The van der Waals surface area contributed by atoms with Crippen molar-refractivity contribution in [2.24, 2.45) is 23.7 Å². The number of Topliss-reactive ketones (excluding diaryl/α,β-unsaturated/α-hetero) is 2. The molecule has 2 aromatic rings. The van der Waals surface area contributed by atoms with Crippen molar-refractivity contribution in [1.29, 1.82) is 0 Å². The molecule has 2 unspecified atom stereocenters. The first kappa shape index (κ1) is 19.7. The average molecular weight is 427 g/mol. The Balaban J connectivity index is 1.51. The zero-order valence-corrected chi connectivity index (χ0v) is 17.6. The molecule has 3 nitrogen and oxygen atoms in total. The van der Waals surface area contributed by atoms with Gasteiger partial charge in [-0.1, -0.05) is 24.6 Å². The Kier molecular flexibility index (Phi) is 4.93. The number of aryl methyl sites for hydroxylation is 1. The van der Waals surface area contributed by atoms with Crippen LogP contribution in [0.3, 0.4) is 0 Å². The summed E-state index contributed by atoms with van der Waals surface area (Å²) in [6.07, 6.45) is 4.98. The highest BCUT2D eigenvalue weighted by Gasteiger charge is 2.59. The van der Waals surface area contributed by atoms with E-state index in [1.165, 1.54) is 12.1 Å². The van der Waals surface area contributed by atoms with E-state index in [4.69, 9.17) is 16.3 Å². The van der Waals surface area contributed by atoms with Gasteiger partial charge in [0.15, 0.2) is 23.1 Å². The molecule has 2 bridgehead atoms. The fourth-order valence-corrected chi connectivity index (χ4v) is 6.17. The van der Waals surface area contributed by atoms with Gasteiger partial charge in [-0.05, 0) is 85.4 Å². The number of hydrogen-bond donors (Lipinski definition) is 0.